The van der Waals surface area contributed by atoms with Crippen molar-refractivity contribution < 1.29 is 23.6 Å². The number of nitrogens with one attached hydrogen (secondary N) is 1. The second kappa shape index (κ2) is 9.40. The lowest BCUT2D eigenvalue weighted by molar-refractivity contribution is 0.0985. The summed E-state index contributed by atoms with van der Waals surface area (Å²) < 4.78 is 18.2. The topological polar surface area (TPSA) is 160 Å². The summed E-state index contributed by atoms with van der Waals surface area (Å²) in [6, 6.07) is 9.77. The van der Waals surface area contributed by atoms with E-state index in [2.05, 4.69) is 25.5 Å². The highest BCUT2D eigenvalue weighted by molar-refractivity contribution is 6.04. The number of primary amides is 1. The fourth-order valence-corrected chi connectivity index (χ4v) is 2.90. The predicted molar refractivity (Wildman–Crippen MR) is 119 cm³/mol. The van der Waals surface area contributed by atoms with Crippen molar-refractivity contribution in [2.45, 2.75) is 20.0 Å². The summed E-state index contributed by atoms with van der Waals surface area (Å²) in [7, 11) is 1.76. The van der Waals surface area contributed by atoms with E-state index in [0.29, 0.717) is 34.3 Å². The molecule has 3 aromatic heterocycles. The number of hydrogen-bond acceptors (Lipinski definition) is 9. The first-order valence-electron chi connectivity index (χ1n) is 10.2. The zero-order chi connectivity index (χ0) is 24.2. The minimum absolute atomic E-state index is 0.0427. The van der Waals surface area contributed by atoms with E-state index in [-0.39, 0.29) is 23.7 Å². The molecule has 0 saturated carbocycles. The standard InChI is InChI=1S/C22H21N7O5/c1-12(2)32-15-8-13(21(31)25-18-6-7-29(3)27-18)9-16(10-15)33-14-4-5-17(24-11-14)22-26-20(19(23)30)28-34-22/h4-12H,1-3H3,(H2,23,30)(H,25,27,31). The summed E-state index contributed by atoms with van der Waals surface area (Å²) in [6.07, 6.45) is 3.05. The number of aryl methyl sites for hydroxylation is 1. The van der Waals surface area contributed by atoms with Crippen LogP contribution in [-0.4, -0.2) is 42.8 Å². The number of benzene rings is 1. The third kappa shape index (κ3) is 5.35. The number of rotatable bonds is 8. The maximum Gasteiger partial charge on any atom is 0.290 e. The number of nitrogens with two attached hydrogens (primary N) is 1. The lowest BCUT2D eigenvalue weighted by Gasteiger charge is -2.14. The van der Waals surface area contributed by atoms with Gasteiger partial charge in [-0.25, -0.2) is 4.98 Å². The van der Waals surface area contributed by atoms with Gasteiger partial charge in [0.1, 0.15) is 22.9 Å². The van der Waals surface area contributed by atoms with Crippen LogP contribution in [0.5, 0.6) is 17.2 Å². The van der Waals surface area contributed by atoms with Crippen molar-refractivity contribution in [3.8, 4) is 28.8 Å². The fraction of sp³-hybridized carbons (Fsp3) is 0.182. The third-order valence-electron chi connectivity index (χ3n) is 4.31. The van der Waals surface area contributed by atoms with Crippen LogP contribution in [0.2, 0.25) is 0 Å². The minimum atomic E-state index is -0.804. The van der Waals surface area contributed by atoms with E-state index in [1.807, 2.05) is 13.8 Å². The van der Waals surface area contributed by atoms with Crippen LogP contribution in [0.1, 0.15) is 34.8 Å². The van der Waals surface area contributed by atoms with Crippen LogP contribution in [0.4, 0.5) is 5.82 Å². The molecule has 174 valence electrons. The van der Waals surface area contributed by atoms with Gasteiger partial charge in [-0.3, -0.25) is 14.3 Å². The van der Waals surface area contributed by atoms with Crippen molar-refractivity contribution in [1.29, 1.82) is 0 Å². The van der Waals surface area contributed by atoms with Crippen molar-refractivity contribution in [2.75, 3.05) is 5.32 Å². The van der Waals surface area contributed by atoms with E-state index in [1.54, 1.807) is 54.3 Å². The van der Waals surface area contributed by atoms with Crippen molar-refractivity contribution in [1.82, 2.24) is 24.9 Å². The molecule has 0 bridgehead atoms. The molecule has 0 fully saturated rings. The first-order chi connectivity index (χ1) is 16.3. The Kier molecular flexibility index (Phi) is 6.21. The van der Waals surface area contributed by atoms with Gasteiger partial charge in [0, 0.05) is 30.9 Å². The van der Waals surface area contributed by atoms with E-state index in [4.69, 9.17) is 19.7 Å². The largest absolute Gasteiger partial charge is 0.491 e. The number of anilines is 1. The summed E-state index contributed by atoms with van der Waals surface area (Å²) in [5.74, 6) is 0.272. The van der Waals surface area contributed by atoms with Gasteiger partial charge >= 0.3 is 0 Å². The van der Waals surface area contributed by atoms with Crippen molar-refractivity contribution in [2.24, 2.45) is 12.8 Å². The molecule has 2 amide bonds. The molecule has 0 aliphatic heterocycles. The Morgan fingerprint density at radius 2 is 1.91 bits per heavy atom. The van der Waals surface area contributed by atoms with E-state index in [9.17, 15) is 9.59 Å². The van der Waals surface area contributed by atoms with Gasteiger partial charge in [0.25, 0.3) is 23.5 Å². The number of carbonyl (C=O) groups is 2. The van der Waals surface area contributed by atoms with Crippen molar-refractivity contribution in [3.63, 3.8) is 0 Å². The molecule has 0 saturated heterocycles. The molecule has 34 heavy (non-hydrogen) atoms. The number of nitrogens with zero attached hydrogens (tertiary/aromatic N) is 5. The number of carbonyl (C=O) groups excluding carboxylic acids is 2. The van der Waals surface area contributed by atoms with Crippen LogP contribution < -0.4 is 20.5 Å². The molecule has 0 radical (unpaired) electrons. The molecule has 12 nitrogen and oxygen atoms in total. The molecule has 0 aliphatic carbocycles. The SMILES string of the molecule is CC(C)Oc1cc(Oc2ccc(-c3nc(C(N)=O)no3)nc2)cc(C(=O)Nc2ccn(C)n2)c1. The van der Waals surface area contributed by atoms with E-state index in [1.165, 1.54) is 6.20 Å². The number of pyridine rings is 1. The molecular formula is C22H21N7O5. The molecule has 1 aromatic carbocycles. The first kappa shape index (κ1) is 22.5. The number of hydrogen-bond donors (Lipinski definition) is 2. The van der Waals surface area contributed by atoms with Crippen molar-refractivity contribution in [3.05, 3.63) is 60.2 Å². The van der Waals surface area contributed by atoms with Gasteiger partial charge in [-0.1, -0.05) is 5.16 Å². The molecule has 0 atom stereocenters. The molecule has 0 aliphatic rings. The monoisotopic (exact) mass is 463 g/mol. The maximum atomic E-state index is 12.8. The summed E-state index contributed by atoms with van der Waals surface area (Å²) in [4.78, 5) is 32.0. The van der Waals surface area contributed by atoms with Gasteiger partial charge in [0.05, 0.1) is 12.3 Å². The maximum absolute atomic E-state index is 12.8. The molecule has 0 unspecified atom stereocenters. The van der Waals surface area contributed by atoms with Gasteiger partial charge in [0.2, 0.25) is 0 Å². The summed E-state index contributed by atoms with van der Waals surface area (Å²) >= 11 is 0. The smallest absolute Gasteiger partial charge is 0.290 e. The molecule has 12 heteroatoms. The zero-order valence-electron chi connectivity index (χ0n) is 18.6. The van der Waals surface area contributed by atoms with Gasteiger partial charge < -0.3 is 25.0 Å². The van der Waals surface area contributed by atoms with Gasteiger partial charge in [0.15, 0.2) is 5.82 Å². The summed E-state index contributed by atoms with van der Waals surface area (Å²) in [6.45, 7) is 3.76. The third-order valence-corrected chi connectivity index (χ3v) is 4.31. The Hall–Kier alpha value is -4.74. The highest BCUT2D eigenvalue weighted by Gasteiger charge is 2.15. The first-order valence-corrected chi connectivity index (χ1v) is 10.2. The molecule has 3 heterocycles. The Morgan fingerprint density at radius 1 is 1.12 bits per heavy atom. The second-order valence-corrected chi connectivity index (χ2v) is 7.46. The lowest BCUT2D eigenvalue weighted by atomic mass is 10.2. The Bertz CT molecular complexity index is 1330. The average Bonchev–Trinajstić information content (AvgIpc) is 3.43. The average molecular weight is 463 g/mol. The molecule has 4 rings (SSSR count). The molecule has 0 spiro atoms. The Morgan fingerprint density at radius 3 is 2.53 bits per heavy atom. The molecule has 4 aromatic rings. The normalized spacial score (nSPS) is 10.8. The molecule has 3 N–H and O–H groups in total. The van der Waals surface area contributed by atoms with Crippen LogP contribution in [0, 0.1) is 0 Å². The fourth-order valence-electron chi connectivity index (χ4n) is 2.90. The quantitative estimate of drug-likeness (QED) is 0.400. The second-order valence-electron chi connectivity index (χ2n) is 7.46. The minimum Gasteiger partial charge on any atom is -0.491 e. The zero-order valence-corrected chi connectivity index (χ0v) is 18.6. The number of ether oxygens (including phenoxy) is 2. The van der Waals surface area contributed by atoms with Crippen LogP contribution in [0.15, 0.2) is 53.3 Å². The van der Waals surface area contributed by atoms with Gasteiger partial charge in [-0.05, 0) is 38.1 Å². The highest BCUT2D eigenvalue weighted by Crippen LogP contribution is 2.29. The number of amides is 2. The summed E-state index contributed by atoms with van der Waals surface area (Å²) in [5.41, 5.74) is 5.79. The van der Waals surface area contributed by atoms with Crippen LogP contribution >= 0.6 is 0 Å². The Balaban J connectivity index is 1.55. The molecular weight excluding hydrogens is 442 g/mol. The van der Waals surface area contributed by atoms with Crippen LogP contribution in [0.25, 0.3) is 11.6 Å². The van der Waals surface area contributed by atoms with Gasteiger partial charge in [-0.2, -0.15) is 10.1 Å². The van der Waals surface area contributed by atoms with Crippen molar-refractivity contribution >= 4 is 17.6 Å². The highest BCUT2D eigenvalue weighted by atomic mass is 16.5. The van der Waals surface area contributed by atoms with E-state index < -0.39 is 5.91 Å². The number of aromatic nitrogens is 5. The van der Waals surface area contributed by atoms with Crippen LogP contribution in [0.3, 0.4) is 0 Å². The lowest BCUT2D eigenvalue weighted by Crippen LogP contribution is -2.13. The predicted octanol–water partition coefficient (Wildman–Crippen LogP) is 2.80. The van der Waals surface area contributed by atoms with Crippen LogP contribution in [-0.2, 0) is 7.05 Å². The van der Waals surface area contributed by atoms with E-state index in [0.717, 1.165) is 0 Å². The van der Waals surface area contributed by atoms with Gasteiger partial charge in [-0.15, -0.1) is 0 Å². The van der Waals surface area contributed by atoms with E-state index >= 15 is 0 Å². The Labute approximate surface area is 193 Å². The summed E-state index contributed by atoms with van der Waals surface area (Å²) in [5, 5.41) is 10.4.